The molecule has 1 aliphatic heterocycles. The van der Waals surface area contributed by atoms with Gasteiger partial charge in [0.25, 0.3) is 0 Å². The molecule has 2 nitrogen and oxygen atoms in total. The molecule has 49 heavy (non-hydrogen) atoms. The number of rotatable bonds is 2. The fourth-order valence-corrected chi connectivity index (χ4v) is 8.87. The summed E-state index contributed by atoms with van der Waals surface area (Å²) >= 11 is 0. The van der Waals surface area contributed by atoms with Crippen LogP contribution in [0.3, 0.4) is 0 Å². The first kappa shape index (κ1) is 26.7. The first-order valence-corrected chi connectivity index (χ1v) is 16.9. The Morgan fingerprint density at radius 1 is 0.388 bits per heavy atom. The Balaban J connectivity index is 1.19. The third-order valence-electron chi connectivity index (χ3n) is 10.8. The molecule has 8 aromatic carbocycles. The first-order chi connectivity index (χ1) is 24.3. The molecule has 0 saturated carbocycles. The average molecular weight is 624 g/mol. The van der Waals surface area contributed by atoms with E-state index in [4.69, 9.17) is 4.74 Å². The van der Waals surface area contributed by atoms with E-state index in [1.807, 2.05) is 0 Å². The zero-order valence-corrected chi connectivity index (χ0v) is 26.6. The number of benzene rings is 8. The van der Waals surface area contributed by atoms with Gasteiger partial charge < -0.3 is 9.30 Å². The van der Waals surface area contributed by atoms with E-state index in [1.165, 1.54) is 82.8 Å². The second-order valence-electron chi connectivity index (χ2n) is 13.2. The Bertz CT molecular complexity index is 2760. The molecule has 0 bridgehead atoms. The summed E-state index contributed by atoms with van der Waals surface area (Å²) < 4.78 is 9.11. The largest absolute Gasteiger partial charge is 0.457 e. The lowest BCUT2D eigenvalue weighted by atomic mass is 9.65. The van der Waals surface area contributed by atoms with Gasteiger partial charge in [0.05, 0.1) is 16.4 Å². The third kappa shape index (κ3) is 3.50. The minimum Gasteiger partial charge on any atom is -0.457 e. The second kappa shape index (κ2) is 9.82. The van der Waals surface area contributed by atoms with E-state index in [0.29, 0.717) is 0 Å². The molecule has 0 N–H and O–H groups in total. The van der Waals surface area contributed by atoms with Crippen LogP contribution < -0.4 is 4.74 Å². The van der Waals surface area contributed by atoms with Gasteiger partial charge in [-0.15, -0.1) is 0 Å². The van der Waals surface area contributed by atoms with E-state index in [2.05, 4.69) is 180 Å². The van der Waals surface area contributed by atoms with E-state index >= 15 is 0 Å². The molecule has 1 aliphatic carbocycles. The van der Waals surface area contributed by atoms with Gasteiger partial charge in [0, 0.05) is 27.6 Å². The van der Waals surface area contributed by atoms with Crippen LogP contribution in [0, 0.1) is 0 Å². The molecule has 0 unspecified atom stereocenters. The second-order valence-corrected chi connectivity index (χ2v) is 13.2. The van der Waals surface area contributed by atoms with Gasteiger partial charge in [-0.25, -0.2) is 0 Å². The summed E-state index contributed by atoms with van der Waals surface area (Å²) in [5.41, 5.74) is 13.0. The topological polar surface area (TPSA) is 14.2 Å². The molecule has 2 heterocycles. The highest BCUT2D eigenvalue weighted by atomic mass is 16.5. The summed E-state index contributed by atoms with van der Waals surface area (Å²) in [6, 6.07) is 64.1. The Morgan fingerprint density at radius 2 is 1.04 bits per heavy atom. The van der Waals surface area contributed by atoms with Gasteiger partial charge in [-0.05, 0) is 92.7 Å². The van der Waals surface area contributed by atoms with Crippen molar-refractivity contribution in [3.8, 4) is 39.4 Å². The lowest BCUT2D eigenvalue weighted by molar-refractivity contribution is 0.436. The highest BCUT2D eigenvalue weighted by molar-refractivity contribution is 6.15. The maximum absolute atomic E-state index is 6.72. The fourth-order valence-electron chi connectivity index (χ4n) is 8.87. The number of ether oxygens (including phenoxy) is 1. The molecule has 2 heteroatoms. The molecule has 1 spiro atoms. The minimum atomic E-state index is -0.492. The average Bonchev–Trinajstić information content (AvgIpc) is 3.64. The molecule has 0 atom stereocenters. The summed E-state index contributed by atoms with van der Waals surface area (Å²) in [6.07, 6.45) is 0. The molecule has 0 saturated heterocycles. The Kier molecular flexibility index (Phi) is 5.34. The lowest BCUT2D eigenvalue weighted by Crippen LogP contribution is -2.32. The normalized spacial score (nSPS) is 13.6. The van der Waals surface area contributed by atoms with Crippen molar-refractivity contribution in [2.24, 2.45) is 0 Å². The molecule has 9 aromatic rings. The van der Waals surface area contributed by atoms with E-state index < -0.39 is 5.41 Å². The van der Waals surface area contributed by atoms with Crippen LogP contribution in [0.2, 0.25) is 0 Å². The van der Waals surface area contributed by atoms with E-state index in [-0.39, 0.29) is 0 Å². The summed E-state index contributed by atoms with van der Waals surface area (Å²) in [6.45, 7) is 0. The van der Waals surface area contributed by atoms with Crippen molar-refractivity contribution >= 4 is 32.6 Å². The van der Waals surface area contributed by atoms with Crippen LogP contribution in [0.4, 0.5) is 0 Å². The lowest BCUT2D eigenvalue weighted by Gasteiger charge is -2.39. The maximum Gasteiger partial charge on any atom is 0.132 e. The van der Waals surface area contributed by atoms with Crippen LogP contribution in [0.25, 0.3) is 60.5 Å². The zero-order chi connectivity index (χ0) is 32.1. The maximum atomic E-state index is 6.72. The minimum absolute atomic E-state index is 0.492. The van der Waals surface area contributed by atoms with Crippen molar-refractivity contribution in [3.05, 3.63) is 198 Å². The van der Waals surface area contributed by atoms with Crippen molar-refractivity contribution < 1.29 is 4.74 Å². The summed E-state index contributed by atoms with van der Waals surface area (Å²) in [4.78, 5) is 0. The Labute approximate surface area is 284 Å². The van der Waals surface area contributed by atoms with Gasteiger partial charge in [-0.3, -0.25) is 0 Å². The van der Waals surface area contributed by atoms with E-state index in [9.17, 15) is 0 Å². The number of fused-ring (bicyclic) bond motifs is 13. The Morgan fingerprint density at radius 3 is 1.86 bits per heavy atom. The number of nitrogens with zero attached hydrogens (tertiary/aromatic N) is 1. The summed E-state index contributed by atoms with van der Waals surface area (Å²) in [5, 5.41) is 4.97. The number of hydrogen-bond donors (Lipinski definition) is 0. The van der Waals surface area contributed by atoms with Gasteiger partial charge >= 0.3 is 0 Å². The van der Waals surface area contributed by atoms with Crippen LogP contribution in [0.1, 0.15) is 22.3 Å². The van der Waals surface area contributed by atoms with Crippen molar-refractivity contribution in [1.29, 1.82) is 0 Å². The van der Waals surface area contributed by atoms with Crippen molar-refractivity contribution in [1.82, 2.24) is 4.57 Å². The molecule has 11 rings (SSSR count). The van der Waals surface area contributed by atoms with Gasteiger partial charge in [0.1, 0.15) is 11.5 Å². The number of hydrogen-bond acceptors (Lipinski definition) is 1. The molecule has 0 amide bonds. The summed E-state index contributed by atoms with van der Waals surface area (Å²) in [7, 11) is 0. The monoisotopic (exact) mass is 623 g/mol. The standard InChI is InChI=1S/C47H29NO/c1-2-14-32(15-3-1)48-43-23-10-6-18-36(43)38-29-37-30(28-44(38)48)13-12-19-33(37)31-25-26-46-42(27-31)47(41-22-9-11-24-45(41)49-46)39-20-7-4-16-34(39)35-17-5-8-21-40(35)47/h1-29H. The SMILES string of the molecule is c1ccc(-n2c3ccccc3c3cc4c(-c5ccc6c(c5)C5(c7ccccc7O6)c6ccccc6-c6ccccc65)cccc4cc32)cc1. The van der Waals surface area contributed by atoms with Gasteiger partial charge in [0.15, 0.2) is 0 Å². The fraction of sp³-hybridized carbons (Fsp3) is 0.0213. The van der Waals surface area contributed by atoms with Gasteiger partial charge in [-0.1, -0.05) is 127 Å². The van der Waals surface area contributed by atoms with Gasteiger partial charge in [-0.2, -0.15) is 0 Å². The zero-order valence-electron chi connectivity index (χ0n) is 26.6. The predicted octanol–water partition coefficient (Wildman–Crippen LogP) is 12.1. The number of para-hydroxylation sites is 3. The molecular weight excluding hydrogens is 595 g/mol. The van der Waals surface area contributed by atoms with Crippen LogP contribution in [-0.4, -0.2) is 4.57 Å². The predicted molar refractivity (Wildman–Crippen MR) is 201 cm³/mol. The van der Waals surface area contributed by atoms with E-state index in [1.54, 1.807) is 0 Å². The summed E-state index contributed by atoms with van der Waals surface area (Å²) in [5.74, 6) is 1.82. The van der Waals surface area contributed by atoms with Crippen molar-refractivity contribution in [3.63, 3.8) is 0 Å². The smallest absolute Gasteiger partial charge is 0.132 e. The Hall–Kier alpha value is -6.38. The molecular formula is C47H29NO. The van der Waals surface area contributed by atoms with Crippen molar-refractivity contribution in [2.75, 3.05) is 0 Å². The van der Waals surface area contributed by atoms with Crippen LogP contribution in [0.15, 0.2) is 176 Å². The van der Waals surface area contributed by atoms with Crippen LogP contribution >= 0.6 is 0 Å². The van der Waals surface area contributed by atoms with E-state index in [0.717, 1.165) is 11.5 Å². The molecule has 0 radical (unpaired) electrons. The van der Waals surface area contributed by atoms with Gasteiger partial charge in [0.2, 0.25) is 0 Å². The molecule has 2 aliphatic rings. The van der Waals surface area contributed by atoms with Crippen LogP contribution in [-0.2, 0) is 5.41 Å². The third-order valence-corrected chi connectivity index (χ3v) is 10.8. The number of aromatic nitrogens is 1. The quantitative estimate of drug-likeness (QED) is 0.187. The first-order valence-electron chi connectivity index (χ1n) is 16.9. The molecule has 228 valence electrons. The highest BCUT2D eigenvalue weighted by Crippen LogP contribution is 2.62. The highest BCUT2D eigenvalue weighted by Gasteiger charge is 2.51. The molecule has 1 aromatic heterocycles. The molecule has 0 fully saturated rings. The van der Waals surface area contributed by atoms with Crippen LogP contribution in [0.5, 0.6) is 11.5 Å². The van der Waals surface area contributed by atoms with Crippen molar-refractivity contribution in [2.45, 2.75) is 5.41 Å².